The molecule has 1 aromatic carbocycles. The lowest BCUT2D eigenvalue weighted by molar-refractivity contribution is -0.126. The van der Waals surface area contributed by atoms with Gasteiger partial charge in [0.05, 0.1) is 0 Å². The smallest absolute Gasteiger partial charge is 0.322 e. The van der Waals surface area contributed by atoms with Crippen LogP contribution in [0.2, 0.25) is 0 Å². The van der Waals surface area contributed by atoms with E-state index in [0.29, 0.717) is 12.8 Å². The van der Waals surface area contributed by atoms with Crippen LogP contribution in [0, 0.1) is 0 Å². The van der Waals surface area contributed by atoms with Crippen molar-refractivity contribution in [3.05, 3.63) is 35.9 Å². The lowest BCUT2D eigenvalue weighted by Gasteiger charge is -2.47. The summed E-state index contributed by atoms with van der Waals surface area (Å²) in [6.07, 6.45) is 3.02. The Morgan fingerprint density at radius 2 is 1.62 bits per heavy atom. The maximum atomic E-state index is 12.1. The molecular weight excluding hydrogens is 266 g/mol. The molecule has 3 amide bonds. The second-order valence-corrected chi connectivity index (χ2v) is 6.28. The third kappa shape index (κ3) is 2.12. The topological polar surface area (TPSA) is 61.4 Å². The number of rotatable bonds is 2. The number of nitrogens with one attached hydrogen (secondary N) is 2. The van der Waals surface area contributed by atoms with Crippen LogP contribution < -0.4 is 10.6 Å². The van der Waals surface area contributed by atoms with Crippen LogP contribution in [-0.2, 0) is 10.3 Å². The summed E-state index contributed by atoms with van der Waals surface area (Å²) < 4.78 is 0. The van der Waals surface area contributed by atoms with Gasteiger partial charge in [-0.15, -0.1) is 0 Å². The van der Waals surface area contributed by atoms with Crippen molar-refractivity contribution in [3.63, 3.8) is 0 Å². The highest BCUT2D eigenvalue weighted by Gasteiger charge is 2.52. The van der Waals surface area contributed by atoms with Crippen molar-refractivity contribution in [1.29, 1.82) is 0 Å². The van der Waals surface area contributed by atoms with Crippen LogP contribution in [0.25, 0.3) is 0 Å². The van der Waals surface area contributed by atoms with Crippen molar-refractivity contribution in [1.82, 2.24) is 15.5 Å². The van der Waals surface area contributed by atoms with Crippen molar-refractivity contribution in [3.8, 4) is 0 Å². The molecule has 1 aliphatic carbocycles. The van der Waals surface area contributed by atoms with Gasteiger partial charge in [-0.2, -0.15) is 0 Å². The Kier molecular flexibility index (Phi) is 3.24. The van der Waals surface area contributed by atoms with E-state index in [4.69, 9.17) is 0 Å². The average Bonchev–Trinajstić information content (AvgIpc) is 2.75. The third-order valence-electron chi connectivity index (χ3n) is 5.11. The van der Waals surface area contributed by atoms with Gasteiger partial charge >= 0.3 is 6.03 Å². The van der Waals surface area contributed by atoms with Gasteiger partial charge in [0, 0.05) is 5.54 Å². The summed E-state index contributed by atoms with van der Waals surface area (Å²) in [5.74, 6) is -0.173. The minimum Gasteiger partial charge on any atom is -0.323 e. The molecule has 21 heavy (non-hydrogen) atoms. The Hall–Kier alpha value is -1.88. The third-order valence-corrected chi connectivity index (χ3v) is 5.11. The summed E-state index contributed by atoms with van der Waals surface area (Å²) in [4.78, 5) is 25.7. The fourth-order valence-corrected chi connectivity index (χ4v) is 3.71. The number of carbonyl (C=O) groups excluding carboxylic acids is 2. The number of hydrogen-bond donors (Lipinski definition) is 2. The molecule has 0 aromatic heterocycles. The van der Waals surface area contributed by atoms with Gasteiger partial charge in [0.2, 0.25) is 0 Å². The van der Waals surface area contributed by atoms with Gasteiger partial charge in [0.1, 0.15) is 5.54 Å². The molecule has 1 spiro atoms. The van der Waals surface area contributed by atoms with E-state index in [2.05, 4.69) is 53.9 Å². The fourth-order valence-electron chi connectivity index (χ4n) is 3.71. The molecule has 0 radical (unpaired) electrons. The van der Waals surface area contributed by atoms with Crippen molar-refractivity contribution in [2.45, 2.75) is 36.8 Å². The van der Waals surface area contributed by atoms with E-state index < -0.39 is 5.54 Å². The minimum atomic E-state index is -0.703. The molecule has 1 heterocycles. The quantitative estimate of drug-likeness (QED) is 0.812. The Balaban J connectivity index is 1.88. The summed E-state index contributed by atoms with van der Waals surface area (Å²) in [6.45, 7) is 0. The molecule has 1 saturated carbocycles. The standard InChI is InChI=1S/C16H21N3O2/c1-19(2)16(12-6-4-3-5-7-12)10-8-15(9-11-16)13(20)17-14(21)18-15/h3-7H,8-11H2,1-2H3,(H2,17,18,20,21). The van der Waals surface area contributed by atoms with Crippen molar-refractivity contribution in [2.24, 2.45) is 0 Å². The fraction of sp³-hybridized carbons (Fsp3) is 0.500. The zero-order valence-corrected chi connectivity index (χ0v) is 12.5. The van der Waals surface area contributed by atoms with E-state index >= 15 is 0 Å². The highest BCUT2D eigenvalue weighted by molar-refractivity contribution is 6.07. The highest BCUT2D eigenvalue weighted by atomic mass is 16.2. The molecule has 1 aliphatic heterocycles. The van der Waals surface area contributed by atoms with Crippen molar-refractivity contribution in [2.75, 3.05) is 14.1 Å². The second-order valence-electron chi connectivity index (χ2n) is 6.28. The van der Waals surface area contributed by atoms with Gasteiger partial charge < -0.3 is 5.32 Å². The van der Waals surface area contributed by atoms with Crippen LogP contribution in [0.5, 0.6) is 0 Å². The number of carbonyl (C=O) groups is 2. The van der Waals surface area contributed by atoms with Gasteiger partial charge in [-0.25, -0.2) is 4.79 Å². The molecule has 1 aromatic rings. The first kappa shape index (κ1) is 14.1. The summed E-state index contributed by atoms with van der Waals surface area (Å²) in [5, 5.41) is 5.20. The lowest BCUT2D eigenvalue weighted by atomic mass is 9.68. The summed E-state index contributed by atoms with van der Waals surface area (Å²) >= 11 is 0. The van der Waals surface area contributed by atoms with E-state index in [1.807, 2.05) is 6.07 Å². The summed E-state index contributed by atoms with van der Waals surface area (Å²) in [6, 6.07) is 10.0. The van der Waals surface area contributed by atoms with Gasteiger partial charge in [0.25, 0.3) is 5.91 Å². The first-order valence-electron chi connectivity index (χ1n) is 7.35. The van der Waals surface area contributed by atoms with Gasteiger partial charge in [-0.3, -0.25) is 15.0 Å². The van der Waals surface area contributed by atoms with E-state index in [0.717, 1.165) is 12.8 Å². The van der Waals surface area contributed by atoms with Crippen LogP contribution in [0.4, 0.5) is 4.79 Å². The Morgan fingerprint density at radius 1 is 1.00 bits per heavy atom. The van der Waals surface area contributed by atoms with Gasteiger partial charge in [0.15, 0.2) is 0 Å². The predicted octanol–water partition coefficient (Wildman–Crippen LogP) is 1.60. The van der Waals surface area contributed by atoms with Gasteiger partial charge in [-0.05, 0) is 45.3 Å². The van der Waals surface area contributed by atoms with Crippen molar-refractivity contribution < 1.29 is 9.59 Å². The minimum absolute atomic E-state index is 0.0693. The Labute approximate surface area is 124 Å². The Morgan fingerprint density at radius 3 is 2.10 bits per heavy atom. The van der Waals surface area contributed by atoms with Crippen molar-refractivity contribution >= 4 is 11.9 Å². The molecule has 2 aliphatic rings. The number of urea groups is 1. The zero-order valence-electron chi connectivity index (χ0n) is 12.5. The lowest BCUT2D eigenvalue weighted by Crippen LogP contribution is -2.55. The van der Waals surface area contributed by atoms with Crippen LogP contribution in [0.15, 0.2) is 30.3 Å². The second kappa shape index (κ2) is 4.84. The number of imide groups is 1. The summed E-state index contributed by atoms with van der Waals surface area (Å²) in [7, 11) is 4.16. The van der Waals surface area contributed by atoms with E-state index in [1.54, 1.807) is 0 Å². The maximum absolute atomic E-state index is 12.1. The first-order chi connectivity index (χ1) is 9.98. The molecular formula is C16H21N3O2. The number of nitrogens with zero attached hydrogens (tertiary/aromatic N) is 1. The molecule has 0 atom stereocenters. The SMILES string of the molecule is CN(C)C1(c2ccccc2)CCC2(CC1)NC(=O)NC2=O. The summed E-state index contributed by atoms with van der Waals surface area (Å²) in [5.41, 5.74) is 0.500. The molecule has 3 rings (SSSR count). The normalized spacial score (nSPS) is 32.3. The number of benzene rings is 1. The number of hydrogen-bond acceptors (Lipinski definition) is 3. The molecule has 112 valence electrons. The molecule has 0 bridgehead atoms. The van der Waals surface area contributed by atoms with E-state index in [1.165, 1.54) is 5.56 Å². The molecule has 1 saturated heterocycles. The molecule has 2 N–H and O–H groups in total. The maximum Gasteiger partial charge on any atom is 0.322 e. The monoisotopic (exact) mass is 287 g/mol. The largest absolute Gasteiger partial charge is 0.323 e. The molecule has 5 nitrogen and oxygen atoms in total. The molecule has 2 fully saturated rings. The van der Waals surface area contributed by atoms with Crippen LogP contribution in [0.3, 0.4) is 0 Å². The number of amides is 3. The molecule has 0 unspecified atom stereocenters. The zero-order chi connectivity index (χ0) is 15.1. The first-order valence-corrected chi connectivity index (χ1v) is 7.35. The average molecular weight is 287 g/mol. The van der Waals surface area contributed by atoms with Crippen LogP contribution in [-0.4, -0.2) is 36.5 Å². The Bertz CT molecular complexity index is 560. The van der Waals surface area contributed by atoms with Gasteiger partial charge in [-0.1, -0.05) is 30.3 Å². The highest BCUT2D eigenvalue weighted by Crippen LogP contribution is 2.45. The van der Waals surface area contributed by atoms with Crippen LogP contribution >= 0.6 is 0 Å². The molecule has 5 heteroatoms. The van der Waals surface area contributed by atoms with Crippen LogP contribution in [0.1, 0.15) is 31.2 Å². The predicted molar refractivity (Wildman–Crippen MR) is 79.7 cm³/mol. The van der Waals surface area contributed by atoms with E-state index in [9.17, 15) is 9.59 Å². The van der Waals surface area contributed by atoms with E-state index in [-0.39, 0.29) is 17.5 Å².